The van der Waals surface area contributed by atoms with Gasteiger partial charge in [0.25, 0.3) is 0 Å². The molecule has 1 amide bonds. The van der Waals surface area contributed by atoms with E-state index in [1.54, 1.807) is 0 Å². The Kier molecular flexibility index (Phi) is 4.83. The van der Waals surface area contributed by atoms with Crippen LogP contribution in [0.3, 0.4) is 0 Å². The molecule has 0 aliphatic heterocycles. The lowest BCUT2D eigenvalue weighted by Crippen LogP contribution is -2.45. The number of hydrogen-bond donors (Lipinski definition) is 2. The number of hydrogen-bond acceptors (Lipinski definition) is 3. The fourth-order valence-corrected chi connectivity index (χ4v) is 2.58. The molecular weight excluding hydrogens is 270 g/mol. The minimum atomic E-state index is -1.01. The molecule has 0 bridgehead atoms. The molecule has 1 aliphatic rings. The first kappa shape index (κ1) is 15.4. The van der Waals surface area contributed by atoms with E-state index in [1.807, 2.05) is 30.3 Å². The number of amides is 1. The van der Waals surface area contributed by atoms with Gasteiger partial charge in [0.05, 0.1) is 0 Å². The van der Waals surface area contributed by atoms with Crippen LogP contribution in [0, 0.1) is 5.41 Å². The molecule has 2 rings (SSSR count). The van der Waals surface area contributed by atoms with Crippen molar-refractivity contribution in [3.8, 4) is 0 Å². The number of ether oxygens (including phenoxy) is 1. The molecule has 0 unspecified atom stereocenters. The molecule has 0 radical (unpaired) electrons. The molecule has 1 fully saturated rings. The van der Waals surface area contributed by atoms with Crippen LogP contribution < -0.4 is 5.32 Å². The first-order valence-electron chi connectivity index (χ1n) is 7.19. The van der Waals surface area contributed by atoms with Crippen molar-refractivity contribution in [1.29, 1.82) is 0 Å². The van der Waals surface area contributed by atoms with Gasteiger partial charge in [-0.25, -0.2) is 9.59 Å². The van der Waals surface area contributed by atoms with Gasteiger partial charge < -0.3 is 15.2 Å². The zero-order valence-electron chi connectivity index (χ0n) is 12.2. The molecule has 0 heterocycles. The van der Waals surface area contributed by atoms with Crippen molar-refractivity contribution in [2.24, 2.45) is 5.41 Å². The Morgan fingerprint density at radius 2 is 2.00 bits per heavy atom. The highest BCUT2D eigenvalue weighted by atomic mass is 16.5. The molecule has 1 saturated carbocycles. The van der Waals surface area contributed by atoms with Gasteiger partial charge in [0.2, 0.25) is 0 Å². The average molecular weight is 291 g/mol. The maximum absolute atomic E-state index is 11.7. The van der Waals surface area contributed by atoms with E-state index < -0.39 is 18.1 Å². The van der Waals surface area contributed by atoms with E-state index in [-0.39, 0.29) is 12.0 Å². The number of carbonyl (C=O) groups excluding carboxylic acids is 1. The summed E-state index contributed by atoms with van der Waals surface area (Å²) in [6, 6.07) is 8.39. The van der Waals surface area contributed by atoms with Gasteiger partial charge in [0.15, 0.2) is 0 Å². The zero-order chi connectivity index (χ0) is 15.3. The highest BCUT2D eigenvalue weighted by Crippen LogP contribution is 2.44. The normalized spacial score (nSPS) is 17.4. The summed E-state index contributed by atoms with van der Waals surface area (Å²) in [7, 11) is 0. The molecule has 0 spiro atoms. The molecule has 2 N–H and O–H groups in total. The quantitative estimate of drug-likeness (QED) is 0.845. The number of rotatable bonds is 6. The van der Waals surface area contributed by atoms with E-state index in [0.29, 0.717) is 6.42 Å². The minimum Gasteiger partial charge on any atom is -0.480 e. The molecule has 1 aromatic rings. The third kappa shape index (κ3) is 4.48. The molecule has 1 aromatic carbocycles. The van der Waals surface area contributed by atoms with Crippen LogP contribution in [0.15, 0.2) is 30.3 Å². The van der Waals surface area contributed by atoms with Crippen LogP contribution >= 0.6 is 0 Å². The number of aliphatic carboxylic acids is 1. The smallest absolute Gasteiger partial charge is 0.408 e. The Morgan fingerprint density at radius 1 is 1.33 bits per heavy atom. The Morgan fingerprint density at radius 3 is 2.52 bits per heavy atom. The van der Waals surface area contributed by atoms with Crippen molar-refractivity contribution in [3.05, 3.63) is 35.9 Å². The summed E-state index contributed by atoms with van der Waals surface area (Å²) >= 11 is 0. The fraction of sp³-hybridized carbons (Fsp3) is 0.500. The van der Waals surface area contributed by atoms with Crippen molar-refractivity contribution in [2.45, 2.75) is 45.3 Å². The summed E-state index contributed by atoms with van der Waals surface area (Å²) in [5, 5.41) is 11.7. The molecule has 5 heteroatoms. The third-order valence-electron chi connectivity index (χ3n) is 4.06. The Balaban J connectivity index is 1.82. The first-order chi connectivity index (χ1) is 9.98. The molecule has 1 atom stereocenters. The van der Waals surface area contributed by atoms with Gasteiger partial charge in [-0.15, -0.1) is 0 Å². The third-order valence-corrected chi connectivity index (χ3v) is 4.06. The van der Waals surface area contributed by atoms with Gasteiger partial charge >= 0.3 is 12.1 Å². The van der Waals surface area contributed by atoms with E-state index in [2.05, 4.69) is 12.2 Å². The fourth-order valence-electron chi connectivity index (χ4n) is 2.58. The van der Waals surface area contributed by atoms with Crippen molar-refractivity contribution >= 4 is 12.1 Å². The lowest BCUT2D eigenvalue weighted by molar-refractivity contribution is -0.140. The van der Waals surface area contributed by atoms with Crippen molar-refractivity contribution < 1.29 is 19.4 Å². The lowest BCUT2D eigenvalue weighted by Gasteiger charge is -2.40. The second-order valence-corrected chi connectivity index (χ2v) is 5.97. The number of carbonyl (C=O) groups is 2. The average Bonchev–Trinajstić information content (AvgIpc) is 2.43. The second kappa shape index (κ2) is 6.61. The minimum absolute atomic E-state index is 0.0236. The molecule has 1 aliphatic carbocycles. The van der Waals surface area contributed by atoms with Gasteiger partial charge in [0.1, 0.15) is 12.6 Å². The Labute approximate surface area is 124 Å². The van der Waals surface area contributed by atoms with Crippen molar-refractivity contribution in [3.63, 3.8) is 0 Å². The summed E-state index contributed by atoms with van der Waals surface area (Å²) in [5.74, 6) is -1.01. The van der Waals surface area contributed by atoms with E-state index in [9.17, 15) is 14.7 Å². The number of carboxylic acids is 1. The van der Waals surface area contributed by atoms with Crippen molar-refractivity contribution in [1.82, 2.24) is 5.32 Å². The highest BCUT2D eigenvalue weighted by Gasteiger charge is 2.37. The number of nitrogens with one attached hydrogen (secondary N) is 1. The van der Waals surface area contributed by atoms with Crippen LogP contribution in [-0.2, 0) is 16.1 Å². The highest BCUT2D eigenvalue weighted by molar-refractivity contribution is 5.79. The standard InChI is InChI=1S/C16H21NO4/c1-16(8-5-9-16)10-13(14(18)19)17-15(20)21-11-12-6-3-2-4-7-12/h2-4,6-7,13H,5,8-11H2,1H3,(H,17,20)(H,18,19)/t13-/m1/s1. The zero-order valence-corrected chi connectivity index (χ0v) is 12.2. The van der Waals surface area contributed by atoms with E-state index in [0.717, 1.165) is 24.8 Å². The van der Waals surface area contributed by atoms with E-state index in [4.69, 9.17) is 4.74 Å². The molecule has 114 valence electrons. The van der Waals surface area contributed by atoms with Gasteiger partial charge in [-0.05, 0) is 30.2 Å². The van der Waals surface area contributed by atoms with Crippen molar-refractivity contribution in [2.75, 3.05) is 0 Å². The van der Waals surface area contributed by atoms with Crippen LogP contribution in [0.1, 0.15) is 38.2 Å². The molecule has 21 heavy (non-hydrogen) atoms. The summed E-state index contributed by atoms with van der Waals surface area (Å²) < 4.78 is 5.06. The predicted molar refractivity (Wildman–Crippen MR) is 77.8 cm³/mol. The Bertz CT molecular complexity index is 496. The predicted octanol–water partition coefficient (Wildman–Crippen LogP) is 2.95. The number of carboxylic acid groups (broad SMARTS) is 1. The van der Waals surface area contributed by atoms with E-state index in [1.165, 1.54) is 0 Å². The maximum Gasteiger partial charge on any atom is 0.408 e. The van der Waals surface area contributed by atoms with Crippen LogP contribution in [0.5, 0.6) is 0 Å². The molecular formula is C16H21NO4. The molecule has 5 nitrogen and oxygen atoms in total. The number of alkyl carbamates (subject to hydrolysis) is 1. The van der Waals surface area contributed by atoms with Gasteiger partial charge in [-0.2, -0.15) is 0 Å². The molecule has 0 saturated heterocycles. The number of benzene rings is 1. The van der Waals surface area contributed by atoms with Crippen LogP contribution in [-0.4, -0.2) is 23.2 Å². The lowest BCUT2D eigenvalue weighted by atomic mass is 9.67. The largest absolute Gasteiger partial charge is 0.480 e. The summed E-state index contributed by atoms with van der Waals surface area (Å²) in [4.78, 5) is 23.0. The Hall–Kier alpha value is -2.04. The monoisotopic (exact) mass is 291 g/mol. The summed E-state index contributed by atoms with van der Waals surface area (Å²) in [5.41, 5.74) is 0.890. The maximum atomic E-state index is 11.7. The first-order valence-corrected chi connectivity index (χ1v) is 7.19. The van der Waals surface area contributed by atoms with Crippen LogP contribution in [0.25, 0.3) is 0 Å². The van der Waals surface area contributed by atoms with Gasteiger partial charge in [-0.3, -0.25) is 0 Å². The topological polar surface area (TPSA) is 75.6 Å². The molecule has 0 aromatic heterocycles. The summed E-state index contributed by atoms with van der Waals surface area (Å²) in [6.45, 7) is 2.19. The van der Waals surface area contributed by atoms with Crippen LogP contribution in [0.4, 0.5) is 4.79 Å². The van der Waals surface area contributed by atoms with Gasteiger partial charge in [-0.1, -0.05) is 43.7 Å². The SMILES string of the molecule is CC1(C[C@@H](NC(=O)OCc2ccccc2)C(=O)O)CCC1. The van der Waals surface area contributed by atoms with Gasteiger partial charge in [0, 0.05) is 0 Å². The second-order valence-electron chi connectivity index (χ2n) is 5.97. The van der Waals surface area contributed by atoms with Crippen LogP contribution in [0.2, 0.25) is 0 Å². The van der Waals surface area contributed by atoms with E-state index >= 15 is 0 Å². The summed E-state index contributed by atoms with van der Waals surface area (Å²) in [6.07, 6.45) is 2.91.